The van der Waals surface area contributed by atoms with Crippen molar-refractivity contribution in [1.82, 2.24) is 9.71 Å². The maximum Gasteiger partial charge on any atom is 0.265 e. The van der Waals surface area contributed by atoms with Gasteiger partial charge in [0, 0.05) is 24.4 Å². The van der Waals surface area contributed by atoms with Gasteiger partial charge in [-0.1, -0.05) is 11.6 Å². The van der Waals surface area contributed by atoms with Crippen molar-refractivity contribution in [2.75, 3.05) is 13.2 Å². The Kier molecular flexibility index (Phi) is 4.59. The van der Waals surface area contributed by atoms with Crippen LogP contribution in [0.25, 0.3) is 0 Å². The van der Waals surface area contributed by atoms with Crippen LogP contribution in [0.5, 0.6) is 11.5 Å². The monoisotopic (exact) mass is 368 g/mol. The van der Waals surface area contributed by atoms with Crippen LogP contribution in [0.4, 0.5) is 0 Å². The highest BCUT2D eigenvalue weighted by atomic mass is 35.5. The first-order valence-corrected chi connectivity index (χ1v) is 8.90. The summed E-state index contributed by atoms with van der Waals surface area (Å²) < 4.78 is 37.3. The van der Waals surface area contributed by atoms with Crippen molar-refractivity contribution in [2.24, 2.45) is 0 Å². The Bertz CT molecular complexity index is 871. The number of fused-ring (bicyclic) bond motifs is 1. The molecule has 1 amide bonds. The van der Waals surface area contributed by atoms with E-state index in [2.05, 4.69) is 4.98 Å². The van der Waals surface area contributed by atoms with Gasteiger partial charge in [-0.25, -0.2) is 13.1 Å². The fraction of sp³-hybridized carbons (Fsp3) is 0.200. The molecule has 126 valence electrons. The van der Waals surface area contributed by atoms with E-state index in [9.17, 15) is 13.2 Å². The summed E-state index contributed by atoms with van der Waals surface area (Å²) >= 11 is 6.11. The molecule has 0 saturated heterocycles. The number of amides is 1. The second kappa shape index (κ2) is 6.66. The average molecular weight is 369 g/mol. The number of aromatic nitrogens is 1. The molecule has 1 aromatic heterocycles. The zero-order valence-electron chi connectivity index (χ0n) is 12.4. The van der Waals surface area contributed by atoms with Crippen molar-refractivity contribution in [3.8, 4) is 11.5 Å². The first-order chi connectivity index (χ1) is 11.5. The lowest BCUT2D eigenvalue weighted by atomic mass is 10.2. The molecule has 3 rings (SSSR count). The summed E-state index contributed by atoms with van der Waals surface area (Å²) in [4.78, 5) is 15.9. The van der Waals surface area contributed by atoms with Gasteiger partial charge in [0.1, 0.15) is 4.90 Å². The summed E-state index contributed by atoms with van der Waals surface area (Å²) in [6.07, 6.45) is 3.27. The van der Waals surface area contributed by atoms with Crippen LogP contribution in [-0.4, -0.2) is 32.5 Å². The third kappa shape index (κ3) is 3.44. The predicted molar refractivity (Wildman–Crippen MR) is 85.9 cm³/mol. The van der Waals surface area contributed by atoms with Crippen molar-refractivity contribution in [2.45, 2.75) is 11.3 Å². The number of hydrogen-bond donors (Lipinski definition) is 1. The van der Waals surface area contributed by atoms with Gasteiger partial charge in [-0.15, -0.1) is 0 Å². The maximum atomic E-state index is 12.3. The molecule has 1 N–H and O–H groups in total. The van der Waals surface area contributed by atoms with Crippen LogP contribution in [0, 0.1) is 0 Å². The number of sulfonamides is 1. The molecule has 1 aromatic carbocycles. The molecule has 1 aliphatic rings. The Hall–Kier alpha value is -2.32. The maximum absolute atomic E-state index is 12.3. The fourth-order valence-corrected chi connectivity index (χ4v) is 3.31. The number of ether oxygens (including phenoxy) is 2. The minimum absolute atomic E-state index is 0.0525. The van der Waals surface area contributed by atoms with Crippen LogP contribution in [0.2, 0.25) is 5.02 Å². The Morgan fingerprint density at radius 1 is 1.25 bits per heavy atom. The Morgan fingerprint density at radius 3 is 2.79 bits per heavy atom. The van der Waals surface area contributed by atoms with E-state index in [1.54, 1.807) is 0 Å². The lowest BCUT2D eigenvalue weighted by Crippen LogP contribution is -2.30. The van der Waals surface area contributed by atoms with E-state index in [-0.39, 0.29) is 15.5 Å². The summed E-state index contributed by atoms with van der Waals surface area (Å²) in [5.74, 6) is -0.166. The van der Waals surface area contributed by atoms with E-state index in [1.165, 1.54) is 30.5 Å². The normalized spacial score (nSPS) is 13.9. The Morgan fingerprint density at radius 2 is 2.04 bits per heavy atom. The summed E-state index contributed by atoms with van der Waals surface area (Å²) in [5, 5.41) is 0.179. The topological polar surface area (TPSA) is 94.6 Å². The van der Waals surface area contributed by atoms with Crippen molar-refractivity contribution < 1.29 is 22.7 Å². The molecule has 7 nitrogen and oxygen atoms in total. The van der Waals surface area contributed by atoms with E-state index in [0.717, 1.165) is 6.20 Å². The van der Waals surface area contributed by atoms with E-state index < -0.39 is 15.9 Å². The third-order valence-corrected chi connectivity index (χ3v) is 4.83. The van der Waals surface area contributed by atoms with Crippen LogP contribution in [0.3, 0.4) is 0 Å². The smallest absolute Gasteiger partial charge is 0.265 e. The summed E-state index contributed by atoms with van der Waals surface area (Å²) in [6, 6.07) is 5.54. The standard InChI is InChI=1S/C15H13ClN2O5S/c16-12-7-10(8-13-14(12)23-6-2-5-22-13)15(19)18-24(20,21)11-3-1-4-17-9-11/h1,3-4,7-9H,2,5-6H2,(H,18,19). The first-order valence-electron chi connectivity index (χ1n) is 7.04. The zero-order chi connectivity index (χ0) is 17.2. The Labute approximate surface area is 143 Å². The van der Waals surface area contributed by atoms with Crippen molar-refractivity contribution >= 4 is 27.5 Å². The number of hydrogen-bond acceptors (Lipinski definition) is 6. The number of benzene rings is 1. The second-order valence-corrected chi connectivity index (χ2v) is 7.05. The van der Waals surface area contributed by atoms with Gasteiger partial charge in [0.2, 0.25) is 0 Å². The van der Waals surface area contributed by atoms with Crippen molar-refractivity contribution in [1.29, 1.82) is 0 Å². The van der Waals surface area contributed by atoms with Crippen LogP contribution < -0.4 is 14.2 Å². The molecule has 0 unspecified atom stereocenters. The zero-order valence-corrected chi connectivity index (χ0v) is 13.9. The lowest BCUT2D eigenvalue weighted by molar-refractivity contribution is 0.0981. The number of nitrogens with one attached hydrogen (secondary N) is 1. The minimum atomic E-state index is -4.03. The molecule has 2 heterocycles. The van der Waals surface area contributed by atoms with E-state index in [0.29, 0.717) is 31.1 Å². The molecular formula is C15H13ClN2O5S. The molecule has 0 bridgehead atoms. The van der Waals surface area contributed by atoms with Gasteiger partial charge < -0.3 is 9.47 Å². The average Bonchev–Trinajstić information content (AvgIpc) is 2.81. The van der Waals surface area contributed by atoms with Crippen molar-refractivity contribution in [3.05, 3.63) is 47.2 Å². The van der Waals surface area contributed by atoms with Gasteiger partial charge in [0.15, 0.2) is 11.5 Å². The highest BCUT2D eigenvalue weighted by Crippen LogP contribution is 2.38. The number of nitrogens with zero attached hydrogens (tertiary/aromatic N) is 1. The SMILES string of the molecule is O=C(NS(=O)(=O)c1cccnc1)c1cc(Cl)c2c(c1)OCCCO2. The fourth-order valence-electron chi connectivity index (χ4n) is 2.11. The molecule has 0 fully saturated rings. The molecule has 24 heavy (non-hydrogen) atoms. The minimum Gasteiger partial charge on any atom is -0.489 e. The van der Waals surface area contributed by atoms with Crippen LogP contribution >= 0.6 is 11.6 Å². The van der Waals surface area contributed by atoms with E-state index in [4.69, 9.17) is 21.1 Å². The predicted octanol–water partition coefficient (Wildman–Crippen LogP) is 2.01. The van der Waals surface area contributed by atoms with Crippen LogP contribution in [-0.2, 0) is 10.0 Å². The number of carbonyl (C=O) groups excluding carboxylic acids is 1. The van der Waals surface area contributed by atoms with Gasteiger partial charge in [-0.05, 0) is 24.3 Å². The van der Waals surface area contributed by atoms with Crippen molar-refractivity contribution in [3.63, 3.8) is 0 Å². The third-order valence-electron chi connectivity index (χ3n) is 3.24. The molecule has 0 radical (unpaired) electrons. The molecule has 0 atom stereocenters. The number of pyridine rings is 1. The second-order valence-electron chi connectivity index (χ2n) is 4.96. The van der Waals surface area contributed by atoms with Crippen LogP contribution in [0.15, 0.2) is 41.6 Å². The van der Waals surface area contributed by atoms with Gasteiger partial charge in [0.25, 0.3) is 15.9 Å². The van der Waals surface area contributed by atoms with Crippen LogP contribution in [0.1, 0.15) is 16.8 Å². The van der Waals surface area contributed by atoms with E-state index in [1.807, 2.05) is 4.72 Å². The van der Waals surface area contributed by atoms with Gasteiger partial charge in [0.05, 0.1) is 18.2 Å². The number of rotatable bonds is 3. The molecule has 2 aromatic rings. The van der Waals surface area contributed by atoms with Gasteiger partial charge in [-0.3, -0.25) is 9.78 Å². The summed E-state index contributed by atoms with van der Waals surface area (Å²) in [5.41, 5.74) is 0.0525. The highest BCUT2D eigenvalue weighted by molar-refractivity contribution is 7.90. The Balaban J connectivity index is 1.88. The van der Waals surface area contributed by atoms with E-state index >= 15 is 0 Å². The number of carbonyl (C=O) groups is 1. The molecule has 0 spiro atoms. The largest absolute Gasteiger partial charge is 0.489 e. The summed E-state index contributed by atoms with van der Waals surface area (Å²) in [6.45, 7) is 0.871. The quantitative estimate of drug-likeness (QED) is 0.890. The number of halogens is 1. The lowest BCUT2D eigenvalue weighted by Gasteiger charge is -2.12. The molecular weight excluding hydrogens is 356 g/mol. The summed E-state index contributed by atoms with van der Waals surface area (Å²) in [7, 11) is -4.03. The molecule has 0 aliphatic carbocycles. The first kappa shape index (κ1) is 16.5. The molecule has 9 heteroatoms. The van der Waals surface area contributed by atoms with Gasteiger partial charge in [-0.2, -0.15) is 0 Å². The molecule has 0 saturated carbocycles. The highest BCUT2D eigenvalue weighted by Gasteiger charge is 2.22. The van der Waals surface area contributed by atoms with Gasteiger partial charge >= 0.3 is 0 Å². The molecule has 1 aliphatic heterocycles.